The first-order chi connectivity index (χ1) is 12.8. The smallest absolute Gasteiger partial charge is 0.311 e. The van der Waals surface area contributed by atoms with E-state index in [9.17, 15) is 14.9 Å². The quantitative estimate of drug-likeness (QED) is 0.457. The summed E-state index contributed by atoms with van der Waals surface area (Å²) in [7, 11) is 1.36. The molecule has 2 aromatic carbocycles. The Kier molecular flexibility index (Phi) is 6.48. The van der Waals surface area contributed by atoms with Crippen LogP contribution in [0.4, 0.5) is 5.69 Å². The second-order valence-electron chi connectivity index (χ2n) is 5.89. The first-order valence-corrected chi connectivity index (χ1v) is 8.18. The zero-order valence-corrected chi connectivity index (χ0v) is 15.6. The molecule has 0 aromatic heterocycles. The van der Waals surface area contributed by atoms with Gasteiger partial charge in [0.15, 0.2) is 12.4 Å². The van der Waals surface area contributed by atoms with E-state index in [4.69, 9.17) is 9.47 Å². The molecule has 0 fully saturated rings. The van der Waals surface area contributed by atoms with E-state index in [0.29, 0.717) is 17.0 Å². The van der Waals surface area contributed by atoms with E-state index in [1.807, 2.05) is 32.0 Å². The number of amides is 1. The molecular weight excluding hydrogens is 350 g/mol. The minimum atomic E-state index is -0.535. The molecule has 0 aliphatic heterocycles. The maximum atomic E-state index is 12.0. The number of benzene rings is 2. The second-order valence-corrected chi connectivity index (χ2v) is 5.89. The van der Waals surface area contributed by atoms with Crippen molar-refractivity contribution in [2.24, 2.45) is 5.10 Å². The highest BCUT2D eigenvalue weighted by molar-refractivity contribution is 6.00. The lowest BCUT2D eigenvalue weighted by molar-refractivity contribution is -0.385. The van der Waals surface area contributed by atoms with Crippen molar-refractivity contribution in [1.82, 2.24) is 5.43 Å². The molecule has 0 aliphatic rings. The zero-order valence-electron chi connectivity index (χ0n) is 15.6. The Morgan fingerprint density at radius 3 is 2.48 bits per heavy atom. The molecule has 0 spiro atoms. The molecule has 0 unspecified atom stereocenters. The van der Waals surface area contributed by atoms with Crippen LogP contribution in [0, 0.1) is 24.0 Å². The standard InChI is InChI=1S/C19H21N3O5/c1-12-6-5-7-13(2)19(12)27-11-18(23)21-20-14(3)15-8-9-17(26-4)16(10-15)22(24)25/h5-10H,11H2,1-4H3,(H,21,23). The van der Waals surface area contributed by atoms with Crippen LogP contribution in [0.15, 0.2) is 41.5 Å². The van der Waals surface area contributed by atoms with Gasteiger partial charge in [-0.25, -0.2) is 5.43 Å². The minimum absolute atomic E-state index is 0.155. The van der Waals surface area contributed by atoms with Crippen molar-refractivity contribution < 1.29 is 19.2 Å². The van der Waals surface area contributed by atoms with Crippen LogP contribution in [0.2, 0.25) is 0 Å². The summed E-state index contributed by atoms with van der Waals surface area (Å²) in [5.41, 5.74) is 5.01. The summed E-state index contributed by atoms with van der Waals surface area (Å²) < 4.78 is 10.5. The Bertz CT molecular complexity index is 873. The number of hydrazone groups is 1. The first-order valence-electron chi connectivity index (χ1n) is 8.18. The van der Waals surface area contributed by atoms with Gasteiger partial charge in [-0.2, -0.15) is 5.10 Å². The number of carbonyl (C=O) groups is 1. The van der Waals surface area contributed by atoms with Crippen molar-refractivity contribution in [2.45, 2.75) is 20.8 Å². The van der Waals surface area contributed by atoms with Crippen LogP contribution in [0.3, 0.4) is 0 Å². The third kappa shape index (κ3) is 5.04. The molecule has 0 bridgehead atoms. The van der Waals surface area contributed by atoms with Gasteiger partial charge in [0.2, 0.25) is 0 Å². The molecule has 8 nitrogen and oxygen atoms in total. The average Bonchev–Trinajstić information content (AvgIpc) is 2.65. The number of ether oxygens (including phenoxy) is 2. The predicted octanol–water partition coefficient (Wildman–Crippen LogP) is 3.14. The molecule has 0 aliphatic carbocycles. The SMILES string of the molecule is COc1ccc(C(C)=NNC(=O)COc2c(C)cccc2C)cc1[N+](=O)[O-]. The van der Waals surface area contributed by atoms with Crippen LogP contribution in [-0.2, 0) is 4.79 Å². The summed E-state index contributed by atoms with van der Waals surface area (Å²) >= 11 is 0. The first kappa shape index (κ1) is 19.9. The van der Waals surface area contributed by atoms with Crippen LogP contribution in [0.25, 0.3) is 0 Å². The molecule has 0 radical (unpaired) electrons. The predicted molar refractivity (Wildman–Crippen MR) is 101 cm³/mol. The maximum absolute atomic E-state index is 12.0. The van der Waals surface area contributed by atoms with E-state index in [0.717, 1.165) is 11.1 Å². The maximum Gasteiger partial charge on any atom is 0.311 e. The molecule has 1 amide bonds. The third-order valence-corrected chi connectivity index (χ3v) is 3.90. The zero-order chi connectivity index (χ0) is 20.0. The number of nitrogens with zero attached hydrogens (tertiary/aromatic N) is 2. The van der Waals surface area contributed by atoms with Crippen LogP contribution >= 0.6 is 0 Å². The normalized spacial score (nSPS) is 11.0. The molecular formula is C19H21N3O5. The van der Waals surface area contributed by atoms with Crippen molar-refractivity contribution in [3.8, 4) is 11.5 Å². The van der Waals surface area contributed by atoms with Gasteiger partial charge < -0.3 is 9.47 Å². The highest BCUT2D eigenvalue weighted by atomic mass is 16.6. The Labute approximate surface area is 157 Å². The van der Waals surface area contributed by atoms with E-state index in [-0.39, 0.29) is 18.0 Å². The van der Waals surface area contributed by atoms with Gasteiger partial charge in [0.1, 0.15) is 5.75 Å². The highest BCUT2D eigenvalue weighted by Gasteiger charge is 2.16. The Morgan fingerprint density at radius 2 is 1.89 bits per heavy atom. The summed E-state index contributed by atoms with van der Waals surface area (Å²) in [6.45, 7) is 5.25. The fourth-order valence-electron chi connectivity index (χ4n) is 2.47. The van der Waals surface area contributed by atoms with Crippen LogP contribution < -0.4 is 14.9 Å². The lowest BCUT2D eigenvalue weighted by atomic mass is 10.1. The summed E-state index contributed by atoms with van der Waals surface area (Å²) in [4.78, 5) is 22.5. The Balaban J connectivity index is 2.03. The monoisotopic (exact) mass is 371 g/mol. The van der Waals surface area contributed by atoms with Crippen LogP contribution in [0.1, 0.15) is 23.6 Å². The minimum Gasteiger partial charge on any atom is -0.490 e. The van der Waals surface area contributed by atoms with Gasteiger partial charge in [-0.15, -0.1) is 0 Å². The number of rotatable bonds is 7. The van der Waals surface area contributed by atoms with E-state index in [1.165, 1.54) is 19.2 Å². The third-order valence-electron chi connectivity index (χ3n) is 3.90. The number of nitro groups is 1. The molecule has 142 valence electrons. The molecule has 0 saturated carbocycles. The van der Waals surface area contributed by atoms with Crippen molar-refractivity contribution in [1.29, 1.82) is 0 Å². The van der Waals surface area contributed by atoms with Crippen molar-refractivity contribution in [3.63, 3.8) is 0 Å². The summed E-state index contributed by atoms with van der Waals surface area (Å²) in [5, 5.41) is 15.1. The molecule has 0 atom stereocenters. The van der Waals surface area contributed by atoms with Gasteiger partial charge in [0.05, 0.1) is 17.7 Å². The van der Waals surface area contributed by atoms with Crippen LogP contribution in [-0.4, -0.2) is 30.3 Å². The van der Waals surface area contributed by atoms with Gasteiger partial charge in [-0.05, 0) is 44.0 Å². The van der Waals surface area contributed by atoms with Gasteiger partial charge in [-0.3, -0.25) is 14.9 Å². The van der Waals surface area contributed by atoms with Crippen molar-refractivity contribution in [2.75, 3.05) is 13.7 Å². The number of hydrogen-bond acceptors (Lipinski definition) is 6. The Morgan fingerprint density at radius 1 is 1.22 bits per heavy atom. The summed E-state index contributed by atoms with van der Waals surface area (Å²) in [5.74, 6) is 0.390. The number of carbonyl (C=O) groups excluding carboxylic acids is 1. The highest BCUT2D eigenvalue weighted by Crippen LogP contribution is 2.27. The van der Waals surface area contributed by atoms with E-state index >= 15 is 0 Å². The lowest BCUT2D eigenvalue weighted by Gasteiger charge is -2.11. The van der Waals surface area contributed by atoms with Gasteiger partial charge >= 0.3 is 5.69 Å². The van der Waals surface area contributed by atoms with Crippen molar-refractivity contribution in [3.05, 3.63) is 63.2 Å². The fourth-order valence-corrected chi connectivity index (χ4v) is 2.47. The summed E-state index contributed by atoms with van der Waals surface area (Å²) in [6, 6.07) is 10.2. The molecule has 1 N–H and O–H groups in total. The number of hydrogen-bond donors (Lipinski definition) is 1. The van der Waals surface area contributed by atoms with Crippen molar-refractivity contribution >= 4 is 17.3 Å². The largest absolute Gasteiger partial charge is 0.490 e. The second kappa shape index (κ2) is 8.79. The molecule has 2 aromatic rings. The van der Waals surface area contributed by atoms with Gasteiger partial charge in [-0.1, -0.05) is 18.2 Å². The molecule has 0 heterocycles. The molecule has 0 saturated heterocycles. The van der Waals surface area contributed by atoms with E-state index in [2.05, 4.69) is 10.5 Å². The topological polar surface area (TPSA) is 103 Å². The molecule has 2 rings (SSSR count). The molecule has 27 heavy (non-hydrogen) atoms. The fraction of sp³-hybridized carbons (Fsp3) is 0.263. The number of aryl methyl sites for hydroxylation is 2. The van der Waals surface area contributed by atoms with Crippen LogP contribution in [0.5, 0.6) is 11.5 Å². The number of para-hydroxylation sites is 1. The van der Waals surface area contributed by atoms with E-state index < -0.39 is 10.8 Å². The molecule has 8 heteroatoms. The number of nitro benzene ring substituents is 1. The lowest BCUT2D eigenvalue weighted by Crippen LogP contribution is -2.26. The number of methoxy groups -OCH3 is 1. The number of nitrogens with one attached hydrogen (secondary N) is 1. The van der Waals surface area contributed by atoms with E-state index in [1.54, 1.807) is 13.0 Å². The van der Waals surface area contributed by atoms with Gasteiger partial charge in [0.25, 0.3) is 5.91 Å². The average molecular weight is 371 g/mol. The Hall–Kier alpha value is -3.42. The van der Waals surface area contributed by atoms with Gasteiger partial charge in [0, 0.05) is 11.6 Å². The summed E-state index contributed by atoms with van der Waals surface area (Å²) in [6.07, 6.45) is 0.